The highest BCUT2D eigenvalue weighted by atomic mass is 127. The minimum atomic E-state index is -3.68. The Morgan fingerprint density at radius 2 is 1.70 bits per heavy atom. The van der Waals surface area contributed by atoms with E-state index >= 15 is 0 Å². The SMILES string of the molecule is O=S(=O)(Nc1c(I)cc(I)cc1I)c1ccnc(Cl)c1. The van der Waals surface area contributed by atoms with E-state index in [4.69, 9.17) is 11.6 Å². The summed E-state index contributed by atoms with van der Waals surface area (Å²) < 4.78 is 30.0. The number of benzene rings is 1. The number of aromatic nitrogens is 1. The first kappa shape index (κ1) is 17.0. The molecule has 0 saturated heterocycles. The Bertz CT molecular complexity index is 745. The summed E-state index contributed by atoms with van der Waals surface area (Å²) in [5, 5.41) is 0.139. The normalized spacial score (nSPS) is 11.4. The van der Waals surface area contributed by atoms with Gasteiger partial charge in [0.1, 0.15) is 5.15 Å². The van der Waals surface area contributed by atoms with E-state index in [9.17, 15) is 8.42 Å². The fraction of sp³-hybridized carbons (Fsp3) is 0. The highest BCUT2D eigenvalue weighted by Gasteiger charge is 2.18. The number of sulfonamides is 1. The third-order valence-electron chi connectivity index (χ3n) is 2.25. The molecule has 0 bridgehead atoms. The zero-order valence-electron chi connectivity index (χ0n) is 9.57. The van der Waals surface area contributed by atoms with Crippen molar-refractivity contribution < 1.29 is 8.42 Å². The first-order valence-electron chi connectivity index (χ1n) is 5.08. The van der Waals surface area contributed by atoms with Gasteiger partial charge in [-0.2, -0.15) is 0 Å². The smallest absolute Gasteiger partial charge is 0.262 e. The van der Waals surface area contributed by atoms with Gasteiger partial charge in [0.15, 0.2) is 0 Å². The molecule has 1 aromatic heterocycles. The molecule has 0 amide bonds. The molecule has 4 nitrogen and oxygen atoms in total. The van der Waals surface area contributed by atoms with E-state index in [0.29, 0.717) is 5.69 Å². The molecule has 0 aliphatic rings. The van der Waals surface area contributed by atoms with Gasteiger partial charge in [-0.05, 0) is 92.0 Å². The number of rotatable bonds is 3. The highest BCUT2D eigenvalue weighted by Crippen LogP contribution is 2.29. The van der Waals surface area contributed by atoms with Crippen LogP contribution in [0.2, 0.25) is 5.15 Å². The third-order valence-corrected chi connectivity index (χ3v) is 6.13. The van der Waals surface area contributed by atoms with Crippen molar-refractivity contribution >= 4 is 95.1 Å². The second kappa shape index (κ2) is 6.79. The third kappa shape index (κ3) is 4.08. The van der Waals surface area contributed by atoms with Crippen LogP contribution in [0.4, 0.5) is 5.69 Å². The molecular formula is C11H6ClI3N2O2S. The maximum Gasteiger partial charge on any atom is 0.262 e. The number of hydrogen-bond donors (Lipinski definition) is 1. The molecule has 9 heteroatoms. The molecule has 1 N–H and O–H groups in total. The molecule has 2 aromatic rings. The van der Waals surface area contributed by atoms with Crippen LogP contribution in [0.15, 0.2) is 35.4 Å². The van der Waals surface area contributed by atoms with Crippen LogP contribution in [0, 0.1) is 10.7 Å². The quantitative estimate of drug-likeness (QED) is 0.399. The predicted octanol–water partition coefficient (Wildman–Crippen LogP) is 4.35. The van der Waals surface area contributed by atoms with Gasteiger partial charge in [-0.1, -0.05) is 11.6 Å². The van der Waals surface area contributed by atoms with Crippen LogP contribution in [0.1, 0.15) is 0 Å². The van der Waals surface area contributed by atoms with E-state index < -0.39 is 10.0 Å². The molecule has 0 atom stereocenters. The van der Waals surface area contributed by atoms with Gasteiger partial charge in [-0.3, -0.25) is 4.72 Å². The molecule has 106 valence electrons. The van der Waals surface area contributed by atoms with Crippen LogP contribution in [0.5, 0.6) is 0 Å². The molecule has 2 rings (SSSR count). The first-order valence-corrected chi connectivity index (χ1v) is 10.2. The van der Waals surface area contributed by atoms with Gasteiger partial charge in [0, 0.05) is 16.9 Å². The van der Waals surface area contributed by atoms with Gasteiger partial charge >= 0.3 is 0 Å². The molecule has 1 heterocycles. The average molecular weight is 646 g/mol. The van der Waals surface area contributed by atoms with Crippen molar-refractivity contribution in [3.63, 3.8) is 0 Å². The topological polar surface area (TPSA) is 59.1 Å². The monoisotopic (exact) mass is 646 g/mol. The van der Waals surface area contributed by atoms with E-state index in [1.807, 2.05) is 12.1 Å². The lowest BCUT2D eigenvalue weighted by molar-refractivity contribution is 0.601. The zero-order chi connectivity index (χ0) is 14.9. The standard InChI is InChI=1S/C11H6ClI3N2O2S/c12-10-5-7(1-2-16-10)20(18,19)17-11-8(14)3-6(13)4-9(11)15/h1-5,17H. The average Bonchev–Trinajstić information content (AvgIpc) is 2.34. The molecule has 20 heavy (non-hydrogen) atoms. The largest absolute Gasteiger partial charge is 0.277 e. The maximum absolute atomic E-state index is 12.3. The number of halogens is 4. The lowest BCUT2D eigenvalue weighted by Gasteiger charge is -2.12. The second-order valence-corrected chi connectivity index (χ2v) is 9.30. The molecule has 0 fully saturated rings. The molecule has 0 saturated carbocycles. The van der Waals surface area contributed by atoms with E-state index in [1.54, 1.807) is 0 Å². The summed E-state index contributed by atoms with van der Waals surface area (Å²) in [7, 11) is -3.68. The number of anilines is 1. The molecule has 0 spiro atoms. The van der Waals surface area contributed by atoms with Crippen LogP contribution in [-0.2, 0) is 10.0 Å². The summed E-state index contributed by atoms with van der Waals surface area (Å²) in [6.45, 7) is 0. The van der Waals surface area contributed by atoms with E-state index in [-0.39, 0.29) is 10.0 Å². The van der Waals surface area contributed by atoms with Crippen molar-refractivity contribution in [3.05, 3.63) is 46.3 Å². The summed E-state index contributed by atoms with van der Waals surface area (Å²) in [4.78, 5) is 3.86. The highest BCUT2D eigenvalue weighted by molar-refractivity contribution is 14.1. The van der Waals surface area contributed by atoms with Crippen molar-refractivity contribution in [2.24, 2.45) is 0 Å². The molecule has 0 aliphatic heterocycles. The van der Waals surface area contributed by atoms with Gasteiger partial charge in [-0.25, -0.2) is 13.4 Å². The number of nitrogens with zero attached hydrogens (tertiary/aromatic N) is 1. The molecular weight excluding hydrogens is 640 g/mol. The summed E-state index contributed by atoms with van der Waals surface area (Å²) in [5.74, 6) is 0. The second-order valence-electron chi connectivity index (χ2n) is 3.66. The minimum absolute atomic E-state index is 0.0858. The summed E-state index contributed by atoms with van der Waals surface area (Å²) in [5.41, 5.74) is 0.569. The summed E-state index contributed by atoms with van der Waals surface area (Å²) in [6, 6.07) is 6.53. The van der Waals surface area contributed by atoms with Crippen LogP contribution >= 0.6 is 79.4 Å². The fourth-order valence-corrected chi connectivity index (χ4v) is 6.96. The summed E-state index contributed by atoms with van der Waals surface area (Å²) in [6.07, 6.45) is 1.36. The van der Waals surface area contributed by atoms with Crippen molar-refractivity contribution in [3.8, 4) is 0 Å². The van der Waals surface area contributed by atoms with Crippen LogP contribution in [-0.4, -0.2) is 13.4 Å². The van der Waals surface area contributed by atoms with Gasteiger partial charge in [0.05, 0.1) is 10.6 Å². The van der Waals surface area contributed by atoms with Crippen LogP contribution in [0.25, 0.3) is 0 Å². The Balaban J connectivity index is 2.44. The predicted molar refractivity (Wildman–Crippen MR) is 105 cm³/mol. The number of nitrogens with one attached hydrogen (secondary N) is 1. The molecule has 0 unspecified atom stereocenters. The van der Waals surface area contributed by atoms with Gasteiger partial charge in [0.25, 0.3) is 10.0 Å². The molecule has 1 aromatic carbocycles. The van der Waals surface area contributed by atoms with Gasteiger partial charge in [-0.15, -0.1) is 0 Å². The van der Waals surface area contributed by atoms with Gasteiger partial charge < -0.3 is 0 Å². The van der Waals surface area contributed by atoms with Crippen molar-refractivity contribution in [1.82, 2.24) is 4.98 Å². The first-order chi connectivity index (χ1) is 9.29. The van der Waals surface area contributed by atoms with E-state index in [0.717, 1.165) is 10.7 Å². The number of hydrogen-bond acceptors (Lipinski definition) is 3. The zero-order valence-corrected chi connectivity index (χ0v) is 17.6. The van der Waals surface area contributed by atoms with Crippen molar-refractivity contribution in [2.45, 2.75) is 4.90 Å². The Morgan fingerprint density at radius 3 is 2.25 bits per heavy atom. The van der Waals surface area contributed by atoms with E-state index in [2.05, 4.69) is 77.5 Å². The van der Waals surface area contributed by atoms with Crippen LogP contribution < -0.4 is 4.72 Å². The Labute approximate surface area is 162 Å². The van der Waals surface area contributed by atoms with Crippen molar-refractivity contribution in [1.29, 1.82) is 0 Å². The Kier molecular flexibility index (Phi) is 5.76. The summed E-state index contributed by atoms with van der Waals surface area (Å²) >= 11 is 12.1. The number of pyridine rings is 1. The van der Waals surface area contributed by atoms with E-state index in [1.165, 1.54) is 18.3 Å². The Hall–Kier alpha value is 0.600. The van der Waals surface area contributed by atoms with Crippen molar-refractivity contribution in [2.75, 3.05) is 4.72 Å². The minimum Gasteiger partial charge on any atom is -0.277 e. The van der Waals surface area contributed by atoms with Crippen LogP contribution in [0.3, 0.4) is 0 Å². The molecule has 0 radical (unpaired) electrons. The van der Waals surface area contributed by atoms with Gasteiger partial charge in [0.2, 0.25) is 0 Å². The fourth-order valence-electron chi connectivity index (χ4n) is 1.38. The maximum atomic E-state index is 12.3. The lowest BCUT2D eigenvalue weighted by Crippen LogP contribution is -2.15. The molecule has 0 aliphatic carbocycles. The lowest BCUT2D eigenvalue weighted by atomic mass is 10.3. The Morgan fingerprint density at radius 1 is 1.10 bits per heavy atom.